The Balaban J connectivity index is 2.20. The molecule has 0 aromatic rings. The van der Waals surface area contributed by atoms with Gasteiger partial charge in [-0.2, -0.15) is 0 Å². The molecular formula is C4H9P. The van der Waals surface area contributed by atoms with Gasteiger partial charge in [-0.3, -0.25) is 0 Å². The highest BCUT2D eigenvalue weighted by atomic mass is 31.0. The van der Waals surface area contributed by atoms with Crippen LogP contribution >= 0.6 is 9.24 Å². The van der Waals surface area contributed by atoms with Crippen molar-refractivity contribution in [2.24, 2.45) is 5.92 Å². The molecule has 1 unspecified atom stereocenters. The Kier molecular flexibility index (Phi) is 0.682. The van der Waals surface area contributed by atoms with E-state index >= 15 is 0 Å². The van der Waals surface area contributed by atoms with Gasteiger partial charge in [-0.15, -0.1) is 9.24 Å². The molecule has 1 rings (SSSR count). The molecule has 0 nitrogen and oxygen atoms in total. The van der Waals surface area contributed by atoms with E-state index in [9.17, 15) is 0 Å². The molecular weight excluding hydrogens is 79.0 g/mol. The van der Waals surface area contributed by atoms with Crippen molar-refractivity contribution >= 4 is 9.24 Å². The van der Waals surface area contributed by atoms with Crippen LogP contribution in [0.15, 0.2) is 0 Å². The Morgan fingerprint density at radius 2 is 2.00 bits per heavy atom. The Morgan fingerprint density at radius 3 is 2.00 bits per heavy atom. The molecule has 0 aromatic heterocycles. The molecule has 0 amide bonds. The summed E-state index contributed by atoms with van der Waals surface area (Å²) in [6.07, 6.45) is 1.44. The molecule has 1 aliphatic rings. The van der Waals surface area contributed by atoms with Crippen molar-refractivity contribution in [2.75, 3.05) is 0 Å². The summed E-state index contributed by atoms with van der Waals surface area (Å²) in [4.78, 5) is 0. The molecule has 0 radical (unpaired) electrons. The maximum Gasteiger partial charge on any atom is -0.0236 e. The lowest BCUT2D eigenvalue weighted by Crippen LogP contribution is -1.59. The largest absolute Gasteiger partial charge is 0.134 e. The van der Waals surface area contributed by atoms with Gasteiger partial charge in [0.1, 0.15) is 0 Å². The van der Waals surface area contributed by atoms with Crippen molar-refractivity contribution in [3.8, 4) is 0 Å². The third-order valence-electron chi connectivity index (χ3n) is 1.17. The summed E-state index contributed by atoms with van der Waals surface area (Å²) in [6, 6.07) is 0. The van der Waals surface area contributed by atoms with Crippen LogP contribution in [0.25, 0.3) is 0 Å². The van der Waals surface area contributed by atoms with Crippen molar-refractivity contribution in [3.05, 3.63) is 0 Å². The van der Waals surface area contributed by atoms with E-state index in [1.165, 1.54) is 6.42 Å². The Labute approximate surface area is 35.2 Å². The van der Waals surface area contributed by atoms with Crippen molar-refractivity contribution in [3.63, 3.8) is 0 Å². The molecule has 0 saturated heterocycles. The highest BCUT2D eigenvalue weighted by Crippen LogP contribution is 2.36. The van der Waals surface area contributed by atoms with E-state index in [0.29, 0.717) is 0 Å². The lowest BCUT2D eigenvalue weighted by Gasteiger charge is -1.67. The van der Waals surface area contributed by atoms with E-state index in [1.807, 2.05) is 0 Å². The van der Waals surface area contributed by atoms with Gasteiger partial charge in [-0.05, 0) is 18.0 Å². The van der Waals surface area contributed by atoms with Crippen molar-refractivity contribution in [1.82, 2.24) is 0 Å². The van der Waals surface area contributed by atoms with Gasteiger partial charge in [0.05, 0.1) is 0 Å². The molecule has 0 aromatic carbocycles. The van der Waals surface area contributed by atoms with E-state index in [-0.39, 0.29) is 0 Å². The fourth-order valence-corrected chi connectivity index (χ4v) is 0.780. The van der Waals surface area contributed by atoms with Crippen molar-refractivity contribution < 1.29 is 0 Å². The zero-order valence-electron chi connectivity index (χ0n) is 3.44. The SMILES string of the molecule is C[C@H]1C[C@H]1P. The highest BCUT2D eigenvalue weighted by molar-refractivity contribution is 7.18. The van der Waals surface area contributed by atoms with E-state index < -0.39 is 0 Å². The smallest absolute Gasteiger partial charge is 0.0236 e. The minimum absolute atomic E-state index is 0.968. The standard InChI is InChI=1S/C4H9P/c1-3-2-4(3)5/h3-4H,2,5H2,1H3/t3-,4+/m0/s1. The molecule has 3 atom stereocenters. The molecule has 1 aliphatic carbocycles. The predicted octanol–water partition coefficient (Wildman–Crippen LogP) is 1.27. The first kappa shape index (κ1) is 3.61. The van der Waals surface area contributed by atoms with Gasteiger partial charge < -0.3 is 0 Å². The first-order valence-electron chi connectivity index (χ1n) is 2.06. The third-order valence-corrected chi connectivity index (χ3v) is 2.10. The quantitative estimate of drug-likeness (QED) is 0.391. The lowest BCUT2D eigenvalue weighted by molar-refractivity contribution is 0.988. The zero-order valence-corrected chi connectivity index (χ0v) is 4.59. The molecule has 0 heterocycles. The summed E-state index contributed by atoms with van der Waals surface area (Å²) in [5.41, 5.74) is 0.968. The average molecular weight is 88.1 g/mol. The van der Waals surface area contributed by atoms with Gasteiger partial charge in [-0.25, -0.2) is 0 Å². The van der Waals surface area contributed by atoms with Crippen LogP contribution in [0.1, 0.15) is 13.3 Å². The Hall–Kier alpha value is 0.430. The van der Waals surface area contributed by atoms with Gasteiger partial charge in [-0.1, -0.05) is 6.92 Å². The Bertz CT molecular complexity index is 36.9. The lowest BCUT2D eigenvalue weighted by atomic mass is 10.5. The first-order valence-corrected chi connectivity index (χ1v) is 2.73. The molecule has 0 bridgehead atoms. The minimum Gasteiger partial charge on any atom is -0.134 e. The molecule has 1 fully saturated rings. The number of hydrogen-bond donors (Lipinski definition) is 0. The maximum atomic E-state index is 2.81. The average Bonchev–Trinajstić information content (AvgIpc) is 1.79. The van der Waals surface area contributed by atoms with Crippen LogP contribution in [-0.4, -0.2) is 5.66 Å². The van der Waals surface area contributed by atoms with Crippen LogP contribution in [0.5, 0.6) is 0 Å². The van der Waals surface area contributed by atoms with Gasteiger partial charge in [0, 0.05) is 0 Å². The number of rotatable bonds is 0. The van der Waals surface area contributed by atoms with E-state index in [4.69, 9.17) is 0 Å². The van der Waals surface area contributed by atoms with Crippen molar-refractivity contribution in [1.29, 1.82) is 0 Å². The molecule has 5 heavy (non-hydrogen) atoms. The topological polar surface area (TPSA) is 0 Å². The second kappa shape index (κ2) is 0.944. The van der Waals surface area contributed by atoms with Crippen LogP contribution in [0.4, 0.5) is 0 Å². The summed E-state index contributed by atoms with van der Waals surface area (Å²) < 4.78 is 0. The van der Waals surface area contributed by atoms with E-state index in [1.54, 1.807) is 0 Å². The van der Waals surface area contributed by atoms with E-state index in [0.717, 1.165) is 11.6 Å². The fraction of sp³-hybridized carbons (Fsp3) is 1.00. The molecule has 0 spiro atoms. The van der Waals surface area contributed by atoms with Gasteiger partial charge >= 0.3 is 0 Å². The normalized spacial score (nSPS) is 49.2. The summed E-state index contributed by atoms with van der Waals surface area (Å²) >= 11 is 0. The molecule has 1 saturated carbocycles. The fourth-order valence-electron chi connectivity index (χ4n) is 0.351. The molecule has 0 N–H and O–H groups in total. The zero-order chi connectivity index (χ0) is 3.86. The van der Waals surface area contributed by atoms with Crippen LogP contribution in [0, 0.1) is 5.92 Å². The molecule has 1 heteroatoms. The maximum absolute atomic E-state index is 2.81. The second-order valence-electron chi connectivity index (χ2n) is 1.88. The summed E-state index contributed by atoms with van der Waals surface area (Å²) in [7, 11) is 2.81. The summed E-state index contributed by atoms with van der Waals surface area (Å²) in [5.74, 6) is 1.01. The van der Waals surface area contributed by atoms with Crippen LogP contribution in [0.3, 0.4) is 0 Å². The van der Waals surface area contributed by atoms with Crippen LogP contribution in [-0.2, 0) is 0 Å². The van der Waals surface area contributed by atoms with Gasteiger partial charge in [0.25, 0.3) is 0 Å². The predicted molar refractivity (Wildman–Crippen MR) is 27.3 cm³/mol. The molecule has 30 valence electrons. The van der Waals surface area contributed by atoms with Crippen LogP contribution < -0.4 is 0 Å². The summed E-state index contributed by atoms with van der Waals surface area (Å²) in [6.45, 7) is 2.28. The van der Waals surface area contributed by atoms with Crippen molar-refractivity contribution in [2.45, 2.75) is 19.0 Å². The number of hydrogen-bond acceptors (Lipinski definition) is 0. The minimum atomic E-state index is 0.968. The summed E-state index contributed by atoms with van der Waals surface area (Å²) in [5, 5.41) is 0. The third kappa shape index (κ3) is 0.633. The van der Waals surface area contributed by atoms with Gasteiger partial charge in [0.2, 0.25) is 0 Å². The highest BCUT2D eigenvalue weighted by Gasteiger charge is 2.26. The van der Waals surface area contributed by atoms with Gasteiger partial charge in [0.15, 0.2) is 0 Å². The second-order valence-corrected chi connectivity index (χ2v) is 2.73. The monoisotopic (exact) mass is 88.0 g/mol. The van der Waals surface area contributed by atoms with E-state index in [2.05, 4.69) is 16.2 Å². The van der Waals surface area contributed by atoms with Crippen LogP contribution in [0.2, 0.25) is 0 Å². The Morgan fingerprint density at radius 1 is 1.80 bits per heavy atom. The first-order chi connectivity index (χ1) is 2.30. The molecule has 0 aliphatic heterocycles.